The number of nitrogens with two attached hydrogens (primary N) is 1. The number of nitrogens with one attached hydrogen (secondary N) is 1. The van der Waals surface area contributed by atoms with Crippen molar-refractivity contribution >= 4 is 11.6 Å². The van der Waals surface area contributed by atoms with Crippen molar-refractivity contribution in [2.45, 2.75) is 39.7 Å². The number of hydrogen-bond donors (Lipinski definition) is 3. The highest BCUT2D eigenvalue weighted by Gasteiger charge is 2.15. The van der Waals surface area contributed by atoms with Crippen LogP contribution in [0.1, 0.15) is 41.3 Å². The molecule has 4 nitrogen and oxygen atoms in total. The summed E-state index contributed by atoms with van der Waals surface area (Å²) in [6, 6.07) is 12.2. The number of primary amides is 1. The lowest BCUT2D eigenvalue weighted by Crippen LogP contribution is -2.22. The van der Waals surface area contributed by atoms with E-state index in [0.29, 0.717) is 12.0 Å². The third-order valence-corrected chi connectivity index (χ3v) is 4.39. The maximum Gasteiger partial charge on any atom is 0.249 e. The van der Waals surface area contributed by atoms with Gasteiger partial charge < -0.3 is 16.2 Å². The van der Waals surface area contributed by atoms with Gasteiger partial charge in [-0.25, -0.2) is 0 Å². The Hall–Kier alpha value is -2.33. The summed E-state index contributed by atoms with van der Waals surface area (Å²) in [7, 11) is 0. The quantitative estimate of drug-likeness (QED) is 0.727. The van der Waals surface area contributed by atoms with Crippen molar-refractivity contribution in [2.24, 2.45) is 5.73 Å². The number of anilines is 1. The first-order valence-corrected chi connectivity index (χ1v) is 8.35. The van der Waals surface area contributed by atoms with Crippen LogP contribution in [0.15, 0.2) is 36.4 Å². The number of benzene rings is 2. The van der Waals surface area contributed by atoms with E-state index in [4.69, 9.17) is 5.73 Å². The van der Waals surface area contributed by atoms with Gasteiger partial charge in [-0.1, -0.05) is 36.8 Å². The second kappa shape index (κ2) is 7.97. The maximum absolute atomic E-state index is 11.8. The van der Waals surface area contributed by atoms with E-state index in [1.807, 2.05) is 50.2 Å². The SMILES string of the molecule is CCC(CCO)Nc1cc(-c2ccc(C)cc2)cc(C(N)=O)c1C. The minimum atomic E-state index is -0.431. The first kappa shape index (κ1) is 18.0. The average Bonchev–Trinajstić information content (AvgIpc) is 2.56. The minimum absolute atomic E-state index is 0.130. The summed E-state index contributed by atoms with van der Waals surface area (Å²) in [4.78, 5) is 11.8. The van der Waals surface area contributed by atoms with Crippen LogP contribution in [0.4, 0.5) is 5.69 Å². The molecule has 4 N–H and O–H groups in total. The van der Waals surface area contributed by atoms with E-state index in [0.717, 1.165) is 28.8 Å². The zero-order valence-corrected chi connectivity index (χ0v) is 14.6. The summed E-state index contributed by atoms with van der Waals surface area (Å²) in [6.07, 6.45) is 1.55. The average molecular weight is 326 g/mol. The fourth-order valence-electron chi connectivity index (χ4n) is 2.79. The molecular weight excluding hydrogens is 300 g/mol. The highest BCUT2D eigenvalue weighted by molar-refractivity contribution is 5.97. The van der Waals surface area contributed by atoms with Crippen LogP contribution < -0.4 is 11.1 Å². The molecule has 1 atom stereocenters. The molecule has 0 saturated heterocycles. The fraction of sp³-hybridized carbons (Fsp3) is 0.350. The van der Waals surface area contributed by atoms with E-state index >= 15 is 0 Å². The Morgan fingerprint density at radius 1 is 1.17 bits per heavy atom. The van der Waals surface area contributed by atoms with Crippen molar-refractivity contribution in [3.8, 4) is 11.1 Å². The second-order valence-corrected chi connectivity index (χ2v) is 6.19. The van der Waals surface area contributed by atoms with Crippen LogP contribution in [-0.2, 0) is 0 Å². The number of rotatable bonds is 7. The third-order valence-electron chi connectivity index (χ3n) is 4.39. The predicted octanol–water partition coefficient (Wildman–Crippen LogP) is 3.64. The van der Waals surface area contributed by atoms with Gasteiger partial charge in [-0.2, -0.15) is 0 Å². The molecule has 1 amide bonds. The third kappa shape index (κ3) is 4.15. The molecule has 0 aromatic heterocycles. The Morgan fingerprint density at radius 2 is 1.83 bits per heavy atom. The molecular formula is C20H26N2O2. The van der Waals surface area contributed by atoms with Crippen molar-refractivity contribution in [2.75, 3.05) is 11.9 Å². The van der Waals surface area contributed by atoms with Crippen LogP contribution in [-0.4, -0.2) is 23.7 Å². The van der Waals surface area contributed by atoms with E-state index in [-0.39, 0.29) is 12.6 Å². The van der Waals surface area contributed by atoms with Crippen LogP contribution in [0.3, 0.4) is 0 Å². The number of hydrogen-bond acceptors (Lipinski definition) is 3. The number of aliphatic hydroxyl groups is 1. The zero-order valence-electron chi connectivity index (χ0n) is 14.6. The van der Waals surface area contributed by atoms with Crippen molar-refractivity contribution in [3.05, 3.63) is 53.1 Å². The summed E-state index contributed by atoms with van der Waals surface area (Å²) in [5.74, 6) is -0.431. The lowest BCUT2D eigenvalue weighted by molar-refractivity contribution is 0.1000. The van der Waals surface area contributed by atoms with Crippen LogP contribution in [0, 0.1) is 13.8 Å². The first-order chi connectivity index (χ1) is 11.5. The molecule has 0 spiro atoms. The standard InChI is InChI=1S/C20H26N2O2/c1-4-17(9-10-23)22-19-12-16(11-18(14(19)3)20(21)24)15-7-5-13(2)6-8-15/h5-8,11-12,17,22-23H,4,9-10H2,1-3H3,(H2,21,24). The number of carbonyl (C=O) groups excluding carboxylic acids is 1. The summed E-state index contributed by atoms with van der Waals surface area (Å²) >= 11 is 0. The highest BCUT2D eigenvalue weighted by atomic mass is 16.3. The van der Waals surface area contributed by atoms with E-state index < -0.39 is 5.91 Å². The highest BCUT2D eigenvalue weighted by Crippen LogP contribution is 2.29. The van der Waals surface area contributed by atoms with Crippen molar-refractivity contribution in [3.63, 3.8) is 0 Å². The van der Waals surface area contributed by atoms with E-state index in [1.165, 1.54) is 5.56 Å². The monoisotopic (exact) mass is 326 g/mol. The van der Waals surface area contributed by atoms with Crippen LogP contribution in [0.5, 0.6) is 0 Å². The number of aliphatic hydroxyl groups excluding tert-OH is 1. The molecule has 24 heavy (non-hydrogen) atoms. The second-order valence-electron chi connectivity index (χ2n) is 6.19. The van der Waals surface area contributed by atoms with Crippen LogP contribution >= 0.6 is 0 Å². The molecule has 0 aliphatic rings. The molecule has 0 fully saturated rings. The van der Waals surface area contributed by atoms with Gasteiger partial charge in [-0.15, -0.1) is 0 Å². The van der Waals surface area contributed by atoms with Gasteiger partial charge in [-0.05, 0) is 55.5 Å². The molecule has 0 saturated carbocycles. The summed E-state index contributed by atoms with van der Waals surface area (Å²) < 4.78 is 0. The van der Waals surface area contributed by atoms with E-state index in [9.17, 15) is 9.90 Å². The lowest BCUT2D eigenvalue weighted by atomic mass is 9.96. The summed E-state index contributed by atoms with van der Waals surface area (Å²) in [5, 5.41) is 12.6. The lowest BCUT2D eigenvalue weighted by Gasteiger charge is -2.21. The normalized spacial score (nSPS) is 12.0. The smallest absolute Gasteiger partial charge is 0.249 e. The van der Waals surface area contributed by atoms with Gasteiger partial charge >= 0.3 is 0 Å². The molecule has 0 heterocycles. The summed E-state index contributed by atoms with van der Waals surface area (Å²) in [5.41, 5.74) is 11.0. The number of carbonyl (C=O) groups is 1. The number of aryl methyl sites for hydroxylation is 1. The van der Waals surface area contributed by atoms with Crippen molar-refractivity contribution < 1.29 is 9.90 Å². The Labute approximate surface area is 143 Å². The van der Waals surface area contributed by atoms with Gasteiger partial charge in [-0.3, -0.25) is 4.79 Å². The first-order valence-electron chi connectivity index (χ1n) is 8.35. The van der Waals surface area contributed by atoms with Crippen molar-refractivity contribution in [1.82, 2.24) is 0 Å². The molecule has 4 heteroatoms. The molecule has 2 aromatic carbocycles. The van der Waals surface area contributed by atoms with Gasteiger partial charge in [0.05, 0.1) is 0 Å². The largest absolute Gasteiger partial charge is 0.396 e. The fourth-order valence-corrected chi connectivity index (χ4v) is 2.79. The van der Waals surface area contributed by atoms with E-state index in [2.05, 4.69) is 12.2 Å². The predicted molar refractivity (Wildman–Crippen MR) is 99.3 cm³/mol. The molecule has 0 aliphatic carbocycles. The van der Waals surface area contributed by atoms with Gasteiger partial charge in [0.15, 0.2) is 0 Å². The van der Waals surface area contributed by atoms with Gasteiger partial charge in [0.25, 0.3) is 0 Å². The Morgan fingerprint density at radius 3 is 2.38 bits per heavy atom. The molecule has 128 valence electrons. The maximum atomic E-state index is 11.8. The van der Waals surface area contributed by atoms with Gasteiger partial charge in [0.1, 0.15) is 0 Å². The van der Waals surface area contributed by atoms with E-state index in [1.54, 1.807) is 0 Å². The molecule has 0 radical (unpaired) electrons. The van der Waals surface area contributed by atoms with Crippen LogP contribution in [0.25, 0.3) is 11.1 Å². The zero-order chi connectivity index (χ0) is 17.7. The Bertz CT molecular complexity index is 708. The Balaban J connectivity index is 2.49. The Kier molecular flexibility index (Phi) is 5.99. The molecule has 2 aromatic rings. The van der Waals surface area contributed by atoms with Crippen LogP contribution in [0.2, 0.25) is 0 Å². The summed E-state index contributed by atoms with van der Waals surface area (Å²) in [6.45, 7) is 6.14. The topological polar surface area (TPSA) is 75.3 Å². The van der Waals surface area contributed by atoms with Gasteiger partial charge in [0, 0.05) is 23.9 Å². The molecule has 0 bridgehead atoms. The molecule has 0 aliphatic heterocycles. The number of amides is 1. The molecule has 1 unspecified atom stereocenters. The minimum Gasteiger partial charge on any atom is -0.396 e. The van der Waals surface area contributed by atoms with Crippen molar-refractivity contribution in [1.29, 1.82) is 0 Å². The molecule has 2 rings (SSSR count). The van der Waals surface area contributed by atoms with Gasteiger partial charge in [0.2, 0.25) is 5.91 Å².